The van der Waals surface area contributed by atoms with Gasteiger partial charge < -0.3 is 10.1 Å². The highest BCUT2D eigenvalue weighted by Crippen LogP contribution is 2.40. The molecule has 0 spiro atoms. The van der Waals surface area contributed by atoms with Crippen molar-refractivity contribution in [3.8, 4) is 10.4 Å². The number of anilines is 3. The monoisotopic (exact) mass is 523 g/mol. The van der Waals surface area contributed by atoms with E-state index in [0.29, 0.717) is 40.5 Å². The third-order valence-corrected chi connectivity index (χ3v) is 7.06. The van der Waals surface area contributed by atoms with Crippen LogP contribution in [0.5, 0.6) is 0 Å². The van der Waals surface area contributed by atoms with Crippen LogP contribution >= 0.6 is 11.3 Å². The van der Waals surface area contributed by atoms with E-state index in [1.165, 1.54) is 29.7 Å². The summed E-state index contributed by atoms with van der Waals surface area (Å²) in [4.78, 5) is 54.7. The molecular weight excluding hydrogens is 498 g/mol. The second-order valence-electron chi connectivity index (χ2n) is 8.27. The number of piperidine rings is 1. The number of carbonyl (C=O) groups excluding carboxylic acids is 3. The molecule has 12 heteroatoms. The first-order chi connectivity index (χ1) is 17.8. The lowest BCUT2D eigenvalue weighted by atomic mass is 10.1. The van der Waals surface area contributed by atoms with E-state index >= 15 is 0 Å². The smallest absolute Gasteiger partial charge is 0.341 e. The molecule has 192 valence electrons. The van der Waals surface area contributed by atoms with Gasteiger partial charge in [-0.2, -0.15) is 0 Å². The molecule has 1 aliphatic rings. The minimum Gasteiger partial charge on any atom is -0.462 e. The molecule has 2 N–H and O–H groups in total. The molecular formula is C25H25N5O6S. The van der Waals surface area contributed by atoms with Gasteiger partial charge in [-0.05, 0) is 62.1 Å². The molecule has 0 atom stereocenters. The Hall–Kier alpha value is -4.32. The number of nitro groups is 1. The molecule has 1 fully saturated rings. The van der Waals surface area contributed by atoms with Gasteiger partial charge in [0.25, 0.3) is 5.69 Å². The molecule has 3 aromatic rings. The van der Waals surface area contributed by atoms with E-state index in [1.807, 2.05) is 0 Å². The van der Waals surface area contributed by atoms with Crippen molar-refractivity contribution in [2.75, 3.05) is 28.7 Å². The fraction of sp³-hybridized carbons (Fsp3) is 0.280. The van der Waals surface area contributed by atoms with Gasteiger partial charge in [-0.25, -0.2) is 14.6 Å². The zero-order chi connectivity index (χ0) is 26.5. The largest absolute Gasteiger partial charge is 0.462 e. The Bertz CT molecular complexity index is 1340. The Morgan fingerprint density at radius 1 is 1.16 bits per heavy atom. The van der Waals surface area contributed by atoms with Crippen LogP contribution in [-0.2, 0) is 9.53 Å². The molecule has 0 aliphatic carbocycles. The Kier molecular flexibility index (Phi) is 7.77. The molecule has 1 aliphatic heterocycles. The lowest BCUT2D eigenvalue weighted by molar-refractivity contribution is -0.384. The van der Waals surface area contributed by atoms with Crippen LogP contribution in [0.2, 0.25) is 0 Å². The van der Waals surface area contributed by atoms with Gasteiger partial charge in [-0.3, -0.25) is 25.1 Å². The average molecular weight is 524 g/mol. The maximum atomic E-state index is 12.8. The standard InChI is InChI=1S/C25H25N5O6S/c1-3-36-24(32)21-15(2)22(16-7-10-18(11-8-16)30(34)35)37-23(21)28-25(33)27-17-9-12-19(26-14-17)29-13-5-4-6-20(29)31/h7-12,14H,3-6,13H2,1-2H3,(H2,27,28,33). The number of carbonyl (C=O) groups is 3. The Balaban J connectivity index is 1.54. The number of thiophene rings is 1. The molecule has 1 aromatic carbocycles. The summed E-state index contributed by atoms with van der Waals surface area (Å²) in [5.41, 5.74) is 1.83. The SMILES string of the molecule is CCOC(=O)c1c(NC(=O)Nc2ccc(N3CCCCC3=O)nc2)sc(-c2ccc([N+](=O)[O-])cc2)c1C. The summed E-state index contributed by atoms with van der Waals surface area (Å²) in [6, 6.07) is 8.68. The summed E-state index contributed by atoms with van der Waals surface area (Å²) >= 11 is 1.17. The molecule has 37 heavy (non-hydrogen) atoms. The molecule has 0 saturated carbocycles. The predicted molar refractivity (Wildman–Crippen MR) is 140 cm³/mol. The van der Waals surface area contributed by atoms with E-state index in [2.05, 4.69) is 15.6 Å². The van der Waals surface area contributed by atoms with Crippen LogP contribution in [0.1, 0.15) is 42.1 Å². The number of esters is 1. The third-order valence-electron chi connectivity index (χ3n) is 5.80. The van der Waals surface area contributed by atoms with Crippen LogP contribution in [0, 0.1) is 17.0 Å². The van der Waals surface area contributed by atoms with Crippen LogP contribution in [0.4, 0.5) is 27.0 Å². The van der Waals surface area contributed by atoms with Gasteiger partial charge >= 0.3 is 12.0 Å². The molecule has 0 unspecified atom stereocenters. The van der Waals surface area contributed by atoms with E-state index in [-0.39, 0.29) is 28.8 Å². The second kappa shape index (κ2) is 11.2. The molecule has 0 bridgehead atoms. The first kappa shape index (κ1) is 25.8. The number of nitro benzene ring substituents is 1. The number of hydrogen-bond donors (Lipinski definition) is 2. The van der Waals surface area contributed by atoms with Crippen molar-refractivity contribution in [3.05, 3.63) is 63.8 Å². The molecule has 11 nitrogen and oxygen atoms in total. The minimum absolute atomic E-state index is 0.0283. The zero-order valence-corrected chi connectivity index (χ0v) is 21.1. The topological polar surface area (TPSA) is 144 Å². The quantitative estimate of drug-likeness (QED) is 0.241. The Morgan fingerprint density at radius 2 is 1.92 bits per heavy atom. The maximum absolute atomic E-state index is 12.8. The van der Waals surface area contributed by atoms with E-state index in [0.717, 1.165) is 12.8 Å². The summed E-state index contributed by atoms with van der Waals surface area (Å²) in [5.74, 6) is -0.0283. The van der Waals surface area contributed by atoms with Gasteiger partial charge in [-0.1, -0.05) is 0 Å². The number of ether oxygens (including phenoxy) is 1. The first-order valence-electron chi connectivity index (χ1n) is 11.7. The van der Waals surface area contributed by atoms with E-state index in [1.54, 1.807) is 43.0 Å². The van der Waals surface area contributed by atoms with Crippen molar-refractivity contribution in [1.29, 1.82) is 0 Å². The summed E-state index contributed by atoms with van der Waals surface area (Å²) in [7, 11) is 0. The van der Waals surface area contributed by atoms with Crippen LogP contribution in [0.25, 0.3) is 10.4 Å². The van der Waals surface area contributed by atoms with Crippen molar-refractivity contribution in [3.63, 3.8) is 0 Å². The number of non-ortho nitro benzene ring substituents is 1. The van der Waals surface area contributed by atoms with Crippen molar-refractivity contribution in [1.82, 2.24) is 4.98 Å². The molecule has 3 heterocycles. The lowest BCUT2D eigenvalue weighted by Gasteiger charge is -2.25. The number of urea groups is 1. The van der Waals surface area contributed by atoms with E-state index in [4.69, 9.17) is 4.74 Å². The summed E-state index contributed by atoms with van der Waals surface area (Å²) in [5, 5.41) is 16.7. The number of aromatic nitrogens is 1. The van der Waals surface area contributed by atoms with Crippen molar-refractivity contribution in [2.24, 2.45) is 0 Å². The Morgan fingerprint density at radius 3 is 2.54 bits per heavy atom. The number of nitrogens with one attached hydrogen (secondary N) is 2. The number of benzene rings is 1. The van der Waals surface area contributed by atoms with E-state index in [9.17, 15) is 24.5 Å². The highest BCUT2D eigenvalue weighted by atomic mass is 32.1. The maximum Gasteiger partial charge on any atom is 0.341 e. The Labute approximate surface area is 216 Å². The molecule has 2 aromatic heterocycles. The van der Waals surface area contributed by atoms with Crippen LogP contribution in [-0.4, -0.2) is 41.0 Å². The summed E-state index contributed by atoms with van der Waals surface area (Å²) < 4.78 is 5.19. The molecule has 1 saturated heterocycles. The molecule has 3 amide bonds. The van der Waals surface area contributed by atoms with Gasteiger partial charge in [0.1, 0.15) is 10.8 Å². The third kappa shape index (κ3) is 5.75. The van der Waals surface area contributed by atoms with Crippen LogP contribution in [0.15, 0.2) is 42.6 Å². The van der Waals surface area contributed by atoms with Crippen LogP contribution < -0.4 is 15.5 Å². The first-order valence-corrected chi connectivity index (χ1v) is 12.5. The summed E-state index contributed by atoms with van der Waals surface area (Å²) in [6.07, 6.45) is 3.75. The summed E-state index contributed by atoms with van der Waals surface area (Å²) in [6.45, 7) is 4.19. The van der Waals surface area contributed by atoms with Crippen molar-refractivity contribution < 1.29 is 24.0 Å². The van der Waals surface area contributed by atoms with Crippen molar-refractivity contribution in [2.45, 2.75) is 33.1 Å². The number of pyridine rings is 1. The van der Waals surface area contributed by atoms with E-state index < -0.39 is 16.9 Å². The number of rotatable bonds is 7. The normalized spacial score (nSPS) is 13.2. The van der Waals surface area contributed by atoms with Gasteiger partial charge in [0, 0.05) is 30.0 Å². The fourth-order valence-electron chi connectivity index (χ4n) is 3.99. The fourth-order valence-corrected chi connectivity index (χ4v) is 5.19. The minimum atomic E-state index is -0.592. The predicted octanol–water partition coefficient (Wildman–Crippen LogP) is 5.36. The zero-order valence-electron chi connectivity index (χ0n) is 20.3. The molecule has 0 radical (unpaired) electrons. The number of hydrogen-bond acceptors (Lipinski definition) is 8. The highest BCUT2D eigenvalue weighted by molar-refractivity contribution is 7.20. The second-order valence-corrected chi connectivity index (χ2v) is 9.29. The molecule has 4 rings (SSSR count). The number of amides is 3. The highest BCUT2D eigenvalue weighted by Gasteiger charge is 2.25. The van der Waals surface area contributed by atoms with Crippen LogP contribution in [0.3, 0.4) is 0 Å². The van der Waals surface area contributed by atoms with Gasteiger partial charge in [0.2, 0.25) is 5.91 Å². The van der Waals surface area contributed by atoms with Gasteiger partial charge in [-0.15, -0.1) is 11.3 Å². The average Bonchev–Trinajstić information content (AvgIpc) is 3.20. The lowest BCUT2D eigenvalue weighted by Crippen LogP contribution is -2.35. The van der Waals surface area contributed by atoms with Crippen molar-refractivity contribution >= 4 is 51.4 Å². The number of nitrogens with zero attached hydrogens (tertiary/aromatic N) is 3. The van der Waals surface area contributed by atoms with Gasteiger partial charge in [0.15, 0.2) is 0 Å². The van der Waals surface area contributed by atoms with Gasteiger partial charge in [0.05, 0.1) is 29.0 Å².